The number of hydrogen-bond acceptors (Lipinski definition) is 6. The molecule has 2 N–H and O–H groups in total. The number of rotatable bonds is 6. The maximum atomic E-state index is 11.3. The molecule has 0 unspecified atom stereocenters. The fourth-order valence-corrected chi connectivity index (χ4v) is 1.22. The summed E-state index contributed by atoms with van der Waals surface area (Å²) >= 11 is 0. The summed E-state index contributed by atoms with van der Waals surface area (Å²) in [5.74, 6) is -1.25. The van der Waals surface area contributed by atoms with Gasteiger partial charge >= 0.3 is 12.1 Å². The number of alkyl carbamates (subject to hydrolysis) is 1. The number of nitrogens with one attached hydrogen (secondary N) is 1. The molecule has 0 radical (unpaired) electrons. The van der Waals surface area contributed by atoms with Gasteiger partial charge in [-0.25, -0.2) is 9.59 Å². The van der Waals surface area contributed by atoms with E-state index in [9.17, 15) is 9.59 Å². The van der Waals surface area contributed by atoms with Gasteiger partial charge in [-0.15, -0.1) is 0 Å². The second-order valence-corrected chi connectivity index (χ2v) is 4.97. The second-order valence-electron chi connectivity index (χ2n) is 4.97. The third-order valence-corrected chi connectivity index (χ3v) is 2.00. The molecule has 1 amide bonds. The number of aromatic carboxylic acids is 1. The molecule has 8 heteroatoms. The number of aromatic nitrogens is 1. The van der Waals surface area contributed by atoms with E-state index >= 15 is 0 Å². The van der Waals surface area contributed by atoms with Crippen LogP contribution >= 0.6 is 0 Å². The zero-order valence-electron chi connectivity index (χ0n) is 11.6. The molecule has 0 atom stereocenters. The maximum Gasteiger partial charge on any atom is 0.407 e. The molecule has 0 aliphatic heterocycles. The molecule has 20 heavy (non-hydrogen) atoms. The van der Waals surface area contributed by atoms with Crippen molar-refractivity contribution in [2.24, 2.45) is 0 Å². The van der Waals surface area contributed by atoms with Crippen LogP contribution in [0.3, 0.4) is 0 Å². The van der Waals surface area contributed by atoms with Crippen molar-refractivity contribution in [3.8, 4) is 5.88 Å². The lowest BCUT2D eigenvalue weighted by Crippen LogP contribution is -2.33. The van der Waals surface area contributed by atoms with Crippen molar-refractivity contribution in [2.45, 2.75) is 32.8 Å². The van der Waals surface area contributed by atoms with Crippen LogP contribution in [0.25, 0.3) is 0 Å². The minimum atomic E-state index is -1.17. The van der Waals surface area contributed by atoms with Crippen molar-refractivity contribution in [1.82, 2.24) is 10.5 Å². The van der Waals surface area contributed by atoms with E-state index in [1.807, 2.05) is 0 Å². The van der Waals surface area contributed by atoms with E-state index in [1.165, 1.54) is 0 Å². The van der Waals surface area contributed by atoms with Gasteiger partial charge in [-0.3, -0.25) is 0 Å². The third kappa shape index (κ3) is 5.59. The lowest BCUT2D eigenvalue weighted by molar-refractivity contribution is 0.0525. The normalized spacial score (nSPS) is 10.9. The van der Waals surface area contributed by atoms with Crippen LogP contribution in [0.4, 0.5) is 4.79 Å². The molecular formula is C12H18N2O6. The zero-order valence-corrected chi connectivity index (χ0v) is 11.6. The van der Waals surface area contributed by atoms with Crippen LogP contribution < -0.4 is 10.1 Å². The molecule has 1 heterocycles. The van der Waals surface area contributed by atoms with E-state index in [-0.39, 0.29) is 18.1 Å². The third-order valence-electron chi connectivity index (χ3n) is 2.00. The first-order valence-corrected chi connectivity index (χ1v) is 6.07. The minimum absolute atomic E-state index is 0.0743. The topological polar surface area (TPSA) is 111 Å². The molecule has 0 saturated heterocycles. The van der Waals surface area contributed by atoms with Crippen LogP contribution in [-0.2, 0) is 4.74 Å². The Balaban J connectivity index is 2.21. The molecule has 112 valence electrons. The predicted molar refractivity (Wildman–Crippen MR) is 67.8 cm³/mol. The zero-order chi connectivity index (χ0) is 15.2. The molecule has 1 aromatic rings. The number of carbonyl (C=O) groups is 2. The van der Waals surface area contributed by atoms with Gasteiger partial charge in [0, 0.05) is 6.54 Å². The van der Waals surface area contributed by atoms with Crippen molar-refractivity contribution >= 4 is 12.1 Å². The fourth-order valence-electron chi connectivity index (χ4n) is 1.22. The number of nitrogens with zero attached hydrogens (tertiary/aromatic N) is 1. The maximum absolute atomic E-state index is 11.3. The first kappa shape index (κ1) is 15.8. The highest BCUT2D eigenvalue weighted by atomic mass is 16.6. The largest absolute Gasteiger partial charge is 0.477 e. The summed E-state index contributed by atoms with van der Waals surface area (Å²) < 4.78 is 14.7. The summed E-state index contributed by atoms with van der Waals surface area (Å²) in [5.41, 5.74) is -0.678. The van der Waals surface area contributed by atoms with E-state index in [2.05, 4.69) is 15.0 Å². The Morgan fingerprint density at radius 3 is 2.75 bits per heavy atom. The highest BCUT2D eigenvalue weighted by Gasteiger charge is 2.17. The summed E-state index contributed by atoms with van der Waals surface area (Å²) in [6.07, 6.45) is 0.965. The molecule has 0 saturated carbocycles. The Hall–Kier alpha value is -2.25. The molecule has 0 aliphatic carbocycles. The molecule has 0 aliphatic rings. The average molecular weight is 286 g/mol. The average Bonchev–Trinajstić information content (AvgIpc) is 2.74. The van der Waals surface area contributed by atoms with Gasteiger partial charge in [0.25, 0.3) is 5.88 Å². The highest BCUT2D eigenvalue weighted by Crippen LogP contribution is 2.15. The van der Waals surface area contributed by atoms with Crippen LogP contribution in [0, 0.1) is 0 Å². The molecule has 0 aromatic carbocycles. The summed E-state index contributed by atoms with van der Waals surface area (Å²) in [6.45, 7) is 5.85. The number of hydrogen-bond donors (Lipinski definition) is 2. The van der Waals surface area contributed by atoms with Crippen molar-refractivity contribution in [3.05, 3.63) is 11.8 Å². The van der Waals surface area contributed by atoms with E-state index in [1.54, 1.807) is 20.8 Å². The van der Waals surface area contributed by atoms with Crippen LogP contribution in [0.1, 0.15) is 37.6 Å². The van der Waals surface area contributed by atoms with Gasteiger partial charge in [0.1, 0.15) is 11.9 Å². The number of ether oxygens (including phenoxy) is 2. The number of carboxylic acid groups (broad SMARTS) is 1. The van der Waals surface area contributed by atoms with Gasteiger partial charge in [0.05, 0.1) is 6.61 Å². The summed E-state index contributed by atoms with van der Waals surface area (Å²) in [5, 5.41) is 14.8. The molecule has 1 aromatic heterocycles. The second kappa shape index (κ2) is 6.78. The van der Waals surface area contributed by atoms with Crippen molar-refractivity contribution in [2.75, 3.05) is 13.2 Å². The lowest BCUT2D eigenvalue weighted by Gasteiger charge is -2.19. The predicted octanol–water partition coefficient (Wildman–Crippen LogP) is 1.67. The van der Waals surface area contributed by atoms with E-state index in [0.717, 1.165) is 6.26 Å². The smallest absolute Gasteiger partial charge is 0.407 e. The van der Waals surface area contributed by atoms with Gasteiger partial charge < -0.3 is 24.4 Å². The summed E-state index contributed by atoms with van der Waals surface area (Å²) in [7, 11) is 0. The van der Waals surface area contributed by atoms with Gasteiger partial charge in [-0.2, -0.15) is 0 Å². The van der Waals surface area contributed by atoms with Crippen molar-refractivity contribution in [3.63, 3.8) is 0 Å². The van der Waals surface area contributed by atoms with Crippen LogP contribution in [-0.4, -0.2) is 41.1 Å². The Kier molecular flexibility index (Phi) is 5.36. The van der Waals surface area contributed by atoms with Gasteiger partial charge in [0.2, 0.25) is 0 Å². The Morgan fingerprint density at radius 1 is 1.45 bits per heavy atom. The Morgan fingerprint density at radius 2 is 2.15 bits per heavy atom. The quantitative estimate of drug-likeness (QED) is 0.765. The van der Waals surface area contributed by atoms with Gasteiger partial charge in [0.15, 0.2) is 5.56 Å². The van der Waals surface area contributed by atoms with Crippen LogP contribution in [0.2, 0.25) is 0 Å². The number of carbonyl (C=O) groups excluding carboxylic acids is 1. The van der Waals surface area contributed by atoms with Crippen LogP contribution in [0.15, 0.2) is 10.8 Å². The summed E-state index contributed by atoms with van der Waals surface area (Å²) in [4.78, 5) is 22.1. The molecule has 1 rings (SSSR count). The van der Waals surface area contributed by atoms with Gasteiger partial charge in [-0.05, 0) is 32.3 Å². The first-order chi connectivity index (χ1) is 9.29. The lowest BCUT2D eigenvalue weighted by atomic mass is 10.2. The highest BCUT2D eigenvalue weighted by molar-refractivity contribution is 5.89. The molecule has 8 nitrogen and oxygen atoms in total. The standard InChI is InChI=1S/C12H18N2O6/c1-12(2,3)20-11(17)13-5-4-6-18-9-8(10(15)16)7-19-14-9/h7H,4-6H2,1-3H3,(H,13,17)(H,15,16). The number of amides is 1. The molecule has 0 spiro atoms. The Labute approximate surface area is 116 Å². The fraction of sp³-hybridized carbons (Fsp3) is 0.583. The first-order valence-electron chi connectivity index (χ1n) is 6.07. The summed E-state index contributed by atoms with van der Waals surface area (Å²) in [6, 6.07) is 0. The molecule has 0 fully saturated rings. The molecular weight excluding hydrogens is 268 g/mol. The minimum Gasteiger partial charge on any atom is -0.477 e. The van der Waals surface area contributed by atoms with Gasteiger partial charge in [-0.1, -0.05) is 0 Å². The molecule has 0 bridgehead atoms. The monoisotopic (exact) mass is 286 g/mol. The van der Waals surface area contributed by atoms with E-state index < -0.39 is 17.7 Å². The SMILES string of the molecule is CC(C)(C)OC(=O)NCCCOc1nocc1C(=O)O. The van der Waals surface area contributed by atoms with Crippen molar-refractivity contribution < 1.29 is 28.7 Å². The Bertz CT molecular complexity index is 463. The number of carboxylic acids is 1. The van der Waals surface area contributed by atoms with E-state index in [0.29, 0.717) is 13.0 Å². The van der Waals surface area contributed by atoms with Crippen LogP contribution in [0.5, 0.6) is 5.88 Å². The van der Waals surface area contributed by atoms with Crippen molar-refractivity contribution in [1.29, 1.82) is 0 Å². The van der Waals surface area contributed by atoms with E-state index in [4.69, 9.17) is 14.6 Å².